The topological polar surface area (TPSA) is 57.0 Å². The Labute approximate surface area is 155 Å². The minimum absolute atomic E-state index is 0.00369. The predicted octanol–water partition coefficient (Wildman–Crippen LogP) is 3.99. The lowest BCUT2D eigenvalue weighted by Gasteiger charge is -2.10. The van der Waals surface area contributed by atoms with Crippen LogP contribution in [0, 0.1) is 5.82 Å². The van der Waals surface area contributed by atoms with Gasteiger partial charge in [0.15, 0.2) is 16.8 Å². The third-order valence-corrected chi connectivity index (χ3v) is 5.10. The predicted molar refractivity (Wildman–Crippen MR) is 99.0 cm³/mol. The molecule has 1 atom stereocenters. The summed E-state index contributed by atoms with van der Waals surface area (Å²) >= 11 is 1.34. The molecule has 0 amide bonds. The SMILES string of the molecule is COc1ccc(C(=O)[C@@H](C)Sc2nnc(-c3ccc(F)cc3)n2C)cc1. The van der Waals surface area contributed by atoms with E-state index in [0.717, 1.165) is 5.56 Å². The Balaban J connectivity index is 1.75. The molecule has 0 aliphatic rings. The van der Waals surface area contributed by atoms with Gasteiger partial charge in [-0.2, -0.15) is 0 Å². The molecule has 0 unspecified atom stereocenters. The fourth-order valence-corrected chi connectivity index (χ4v) is 3.36. The van der Waals surface area contributed by atoms with Gasteiger partial charge < -0.3 is 9.30 Å². The molecule has 0 N–H and O–H groups in total. The molecule has 3 aromatic rings. The number of hydrogen-bond donors (Lipinski definition) is 0. The van der Waals surface area contributed by atoms with E-state index in [1.807, 2.05) is 14.0 Å². The number of methoxy groups -OCH3 is 1. The first-order valence-electron chi connectivity index (χ1n) is 8.00. The summed E-state index contributed by atoms with van der Waals surface area (Å²) in [5, 5.41) is 8.63. The molecule has 1 heterocycles. The number of Topliss-reactive ketones (excluding diaryl/α,β-unsaturated/α-hetero) is 1. The second kappa shape index (κ2) is 7.70. The largest absolute Gasteiger partial charge is 0.497 e. The van der Waals surface area contributed by atoms with Crippen LogP contribution in [0.1, 0.15) is 17.3 Å². The van der Waals surface area contributed by atoms with Gasteiger partial charge in [0.25, 0.3) is 0 Å². The van der Waals surface area contributed by atoms with Crippen LogP contribution >= 0.6 is 11.8 Å². The second-order valence-electron chi connectivity index (χ2n) is 5.72. The van der Waals surface area contributed by atoms with Crippen molar-refractivity contribution in [3.05, 3.63) is 59.9 Å². The lowest BCUT2D eigenvalue weighted by molar-refractivity contribution is 0.0994. The Hall–Kier alpha value is -2.67. The van der Waals surface area contributed by atoms with Gasteiger partial charge in [0.05, 0.1) is 12.4 Å². The summed E-state index contributed by atoms with van der Waals surface area (Å²) in [5.74, 6) is 1.03. The van der Waals surface area contributed by atoms with Crippen molar-refractivity contribution in [3.8, 4) is 17.1 Å². The Morgan fingerprint density at radius 3 is 2.38 bits per heavy atom. The van der Waals surface area contributed by atoms with Gasteiger partial charge >= 0.3 is 0 Å². The Morgan fingerprint density at radius 2 is 1.77 bits per heavy atom. The molecular weight excluding hydrogens is 353 g/mol. The van der Waals surface area contributed by atoms with Crippen molar-refractivity contribution in [2.24, 2.45) is 7.05 Å². The summed E-state index contributed by atoms with van der Waals surface area (Å²) < 4.78 is 20.0. The summed E-state index contributed by atoms with van der Waals surface area (Å²) in [6, 6.07) is 13.1. The molecule has 0 saturated carbocycles. The van der Waals surface area contributed by atoms with Crippen LogP contribution in [-0.4, -0.2) is 32.9 Å². The molecule has 0 saturated heterocycles. The summed E-state index contributed by atoms with van der Waals surface area (Å²) in [6.07, 6.45) is 0. The highest BCUT2D eigenvalue weighted by atomic mass is 32.2. The molecule has 26 heavy (non-hydrogen) atoms. The Morgan fingerprint density at radius 1 is 1.12 bits per heavy atom. The highest BCUT2D eigenvalue weighted by Crippen LogP contribution is 2.27. The molecule has 2 aromatic carbocycles. The molecule has 134 valence electrons. The van der Waals surface area contributed by atoms with Gasteiger partial charge in [-0.3, -0.25) is 4.79 Å². The lowest BCUT2D eigenvalue weighted by atomic mass is 10.1. The van der Waals surface area contributed by atoms with Gasteiger partial charge in [-0.1, -0.05) is 11.8 Å². The first kappa shape index (κ1) is 18.1. The van der Waals surface area contributed by atoms with Crippen molar-refractivity contribution in [3.63, 3.8) is 0 Å². The number of ether oxygens (including phenoxy) is 1. The Kier molecular flexibility index (Phi) is 5.37. The summed E-state index contributed by atoms with van der Waals surface area (Å²) in [5.41, 5.74) is 1.38. The van der Waals surface area contributed by atoms with Gasteiger partial charge in [-0.25, -0.2) is 4.39 Å². The molecule has 0 bridgehead atoms. The van der Waals surface area contributed by atoms with Crippen LogP contribution in [0.5, 0.6) is 5.75 Å². The average molecular weight is 371 g/mol. The third-order valence-electron chi connectivity index (χ3n) is 3.96. The standard InChI is InChI=1S/C19H18FN3O2S/c1-12(17(24)13-6-10-16(25-3)11-7-13)26-19-22-21-18(23(19)2)14-4-8-15(20)9-5-14/h4-12H,1-3H3/t12-/m1/s1. The molecule has 3 rings (SSSR count). The number of hydrogen-bond acceptors (Lipinski definition) is 5. The number of benzene rings is 2. The van der Waals surface area contributed by atoms with Gasteiger partial charge in [-0.15, -0.1) is 10.2 Å². The van der Waals surface area contributed by atoms with Crippen molar-refractivity contribution >= 4 is 17.5 Å². The van der Waals surface area contributed by atoms with E-state index in [0.29, 0.717) is 22.3 Å². The van der Waals surface area contributed by atoms with E-state index < -0.39 is 0 Å². The van der Waals surface area contributed by atoms with E-state index in [2.05, 4.69) is 10.2 Å². The summed E-state index contributed by atoms with van der Waals surface area (Å²) in [7, 11) is 3.41. The minimum atomic E-state index is -0.327. The van der Waals surface area contributed by atoms with E-state index in [9.17, 15) is 9.18 Å². The van der Waals surface area contributed by atoms with E-state index in [-0.39, 0.29) is 16.9 Å². The van der Waals surface area contributed by atoms with E-state index in [1.165, 1.54) is 23.9 Å². The smallest absolute Gasteiger partial charge is 0.191 e. The van der Waals surface area contributed by atoms with Crippen molar-refractivity contribution in [2.45, 2.75) is 17.3 Å². The average Bonchev–Trinajstić information content (AvgIpc) is 3.02. The number of halogens is 1. The number of rotatable bonds is 6. The number of carbonyl (C=O) groups is 1. The number of carbonyl (C=O) groups excluding carboxylic acids is 1. The molecule has 1 aromatic heterocycles. The lowest BCUT2D eigenvalue weighted by Crippen LogP contribution is -2.14. The van der Waals surface area contributed by atoms with Crippen molar-refractivity contribution < 1.29 is 13.9 Å². The molecule has 5 nitrogen and oxygen atoms in total. The van der Waals surface area contributed by atoms with Crippen LogP contribution in [0.25, 0.3) is 11.4 Å². The molecule has 0 radical (unpaired) electrons. The molecule has 7 heteroatoms. The van der Waals surface area contributed by atoms with Crippen LogP contribution in [0.15, 0.2) is 53.7 Å². The van der Waals surface area contributed by atoms with Gasteiger partial charge in [0.1, 0.15) is 11.6 Å². The zero-order valence-electron chi connectivity index (χ0n) is 14.6. The Bertz CT molecular complexity index is 908. The number of nitrogens with zero attached hydrogens (tertiary/aromatic N) is 3. The maximum atomic E-state index is 13.1. The van der Waals surface area contributed by atoms with Crippen molar-refractivity contribution in [1.29, 1.82) is 0 Å². The molecular formula is C19H18FN3O2S. The summed E-state index contributed by atoms with van der Waals surface area (Å²) in [4.78, 5) is 12.6. The fraction of sp³-hybridized carbons (Fsp3) is 0.211. The van der Waals surface area contributed by atoms with Crippen LogP contribution in [-0.2, 0) is 7.05 Å². The van der Waals surface area contributed by atoms with Gasteiger partial charge in [0.2, 0.25) is 0 Å². The normalized spacial score (nSPS) is 12.0. The zero-order chi connectivity index (χ0) is 18.7. The monoisotopic (exact) mass is 371 g/mol. The van der Waals surface area contributed by atoms with E-state index >= 15 is 0 Å². The highest BCUT2D eigenvalue weighted by Gasteiger charge is 2.20. The first-order chi connectivity index (χ1) is 12.5. The van der Waals surface area contributed by atoms with Crippen LogP contribution in [0.2, 0.25) is 0 Å². The number of aromatic nitrogens is 3. The van der Waals surface area contributed by atoms with E-state index in [1.54, 1.807) is 48.1 Å². The van der Waals surface area contributed by atoms with Gasteiger partial charge in [0, 0.05) is 18.2 Å². The van der Waals surface area contributed by atoms with Crippen LogP contribution in [0.4, 0.5) is 4.39 Å². The minimum Gasteiger partial charge on any atom is -0.497 e. The van der Waals surface area contributed by atoms with Crippen LogP contribution < -0.4 is 4.74 Å². The summed E-state index contributed by atoms with van der Waals surface area (Å²) in [6.45, 7) is 1.84. The van der Waals surface area contributed by atoms with Crippen LogP contribution in [0.3, 0.4) is 0 Å². The van der Waals surface area contributed by atoms with E-state index in [4.69, 9.17) is 4.74 Å². The molecule has 0 spiro atoms. The van der Waals surface area contributed by atoms with Crippen molar-refractivity contribution in [1.82, 2.24) is 14.8 Å². The third kappa shape index (κ3) is 3.77. The highest BCUT2D eigenvalue weighted by molar-refractivity contribution is 8.00. The quantitative estimate of drug-likeness (QED) is 0.484. The number of thioether (sulfide) groups is 1. The number of ketones is 1. The molecule has 0 fully saturated rings. The van der Waals surface area contributed by atoms with Crippen molar-refractivity contribution in [2.75, 3.05) is 7.11 Å². The maximum Gasteiger partial charge on any atom is 0.191 e. The molecule has 0 aliphatic heterocycles. The second-order valence-corrected chi connectivity index (χ2v) is 7.03. The first-order valence-corrected chi connectivity index (χ1v) is 8.88. The zero-order valence-corrected chi connectivity index (χ0v) is 15.5. The molecule has 0 aliphatic carbocycles. The van der Waals surface area contributed by atoms with Gasteiger partial charge in [-0.05, 0) is 55.5 Å². The maximum absolute atomic E-state index is 13.1. The fourth-order valence-electron chi connectivity index (χ4n) is 2.47.